The van der Waals surface area contributed by atoms with Gasteiger partial charge in [-0.25, -0.2) is 9.38 Å². The van der Waals surface area contributed by atoms with Gasteiger partial charge in [0.25, 0.3) is 0 Å². The minimum absolute atomic E-state index is 0.0297. The van der Waals surface area contributed by atoms with E-state index in [-0.39, 0.29) is 24.3 Å². The van der Waals surface area contributed by atoms with Crippen LogP contribution < -0.4 is 16.0 Å². The minimum Gasteiger partial charge on any atom is -0.357 e. The number of amides is 1. The fraction of sp³-hybridized carbons (Fsp3) is 0.600. The van der Waals surface area contributed by atoms with E-state index < -0.39 is 0 Å². The van der Waals surface area contributed by atoms with Gasteiger partial charge in [0.15, 0.2) is 5.96 Å². The van der Waals surface area contributed by atoms with Crippen LogP contribution in [-0.2, 0) is 4.79 Å². The maximum atomic E-state index is 13.2. The molecule has 0 saturated heterocycles. The van der Waals surface area contributed by atoms with Crippen LogP contribution in [0, 0.1) is 5.82 Å². The summed E-state index contributed by atoms with van der Waals surface area (Å²) in [6, 6.07) is 6.07. The van der Waals surface area contributed by atoms with Crippen molar-refractivity contribution >= 4 is 17.6 Å². The molecule has 0 spiro atoms. The van der Waals surface area contributed by atoms with Crippen molar-refractivity contribution in [3.63, 3.8) is 0 Å². The number of carbonyl (C=O) groups excluding carboxylic acids is 1. The zero-order chi connectivity index (χ0) is 20.1. The molecule has 1 unspecified atom stereocenters. The summed E-state index contributed by atoms with van der Waals surface area (Å²) in [5.41, 5.74) is 0.429. The van der Waals surface area contributed by atoms with Crippen LogP contribution in [0.2, 0.25) is 0 Å². The predicted molar refractivity (Wildman–Crippen MR) is 111 cm³/mol. The number of guanidine groups is 1. The zero-order valence-electron chi connectivity index (χ0n) is 17.0. The zero-order valence-corrected chi connectivity index (χ0v) is 17.0. The van der Waals surface area contributed by atoms with E-state index in [4.69, 9.17) is 0 Å². The van der Waals surface area contributed by atoms with Gasteiger partial charge >= 0.3 is 0 Å². The van der Waals surface area contributed by atoms with Crippen molar-refractivity contribution in [2.45, 2.75) is 46.6 Å². The lowest BCUT2D eigenvalue weighted by Crippen LogP contribution is -2.43. The van der Waals surface area contributed by atoms with Crippen molar-refractivity contribution in [1.29, 1.82) is 0 Å². The summed E-state index contributed by atoms with van der Waals surface area (Å²) in [7, 11) is 0. The lowest BCUT2D eigenvalue weighted by molar-refractivity contribution is -0.114. The highest BCUT2D eigenvalue weighted by atomic mass is 19.1. The van der Waals surface area contributed by atoms with E-state index in [1.807, 2.05) is 6.92 Å². The van der Waals surface area contributed by atoms with Crippen LogP contribution in [-0.4, -0.2) is 55.5 Å². The van der Waals surface area contributed by atoms with Crippen LogP contribution in [0.1, 0.15) is 40.5 Å². The molecule has 0 aliphatic rings. The number of halogens is 1. The third kappa shape index (κ3) is 9.94. The van der Waals surface area contributed by atoms with E-state index in [2.05, 4.69) is 46.6 Å². The number of carbonyl (C=O) groups is 1. The summed E-state index contributed by atoms with van der Waals surface area (Å²) < 4.78 is 13.2. The summed E-state index contributed by atoms with van der Waals surface area (Å²) in [5, 5.41) is 9.13. The third-order valence-electron chi connectivity index (χ3n) is 4.22. The van der Waals surface area contributed by atoms with Crippen molar-refractivity contribution < 1.29 is 9.18 Å². The molecule has 1 amide bonds. The van der Waals surface area contributed by atoms with E-state index in [9.17, 15) is 9.18 Å². The Labute approximate surface area is 162 Å². The molecule has 0 heterocycles. The summed E-state index contributed by atoms with van der Waals surface area (Å²) in [5.74, 6) is -0.0564. The van der Waals surface area contributed by atoms with Gasteiger partial charge in [-0.3, -0.25) is 4.79 Å². The summed E-state index contributed by atoms with van der Waals surface area (Å²) in [6.45, 7) is 12.4. The third-order valence-corrected chi connectivity index (χ3v) is 4.22. The van der Waals surface area contributed by atoms with E-state index >= 15 is 0 Å². The molecule has 0 aliphatic carbocycles. The Kier molecular flexibility index (Phi) is 11.1. The smallest absolute Gasteiger partial charge is 0.246 e. The van der Waals surface area contributed by atoms with Gasteiger partial charge in [0.05, 0.1) is 0 Å². The molecule has 0 radical (unpaired) electrons. The highest BCUT2D eigenvalue weighted by Crippen LogP contribution is 2.08. The first kappa shape index (κ1) is 22.9. The molecule has 1 atom stereocenters. The molecule has 0 aromatic heterocycles. The average Bonchev–Trinajstić information content (AvgIpc) is 2.63. The predicted octanol–water partition coefficient (Wildman–Crippen LogP) is 2.83. The first-order chi connectivity index (χ1) is 13.0. The highest BCUT2D eigenvalue weighted by molar-refractivity contribution is 5.94. The molecule has 3 N–H and O–H groups in total. The van der Waals surface area contributed by atoms with Gasteiger partial charge in [0.1, 0.15) is 12.4 Å². The SMILES string of the molecule is CCNC(=NCC(=O)Nc1cccc(F)c1)NC(C)CCCN(CC)CC. The molecule has 27 heavy (non-hydrogen) atoms. The topological polar surface area (TPSA) is 68.8 Å². The van der Waals surface area contributed by atoms with E-state index in [0.717, 1.165) is 32.5 Å². The molecule has 0 fully saturated rings. The lowest BCUT2D eigenvalue weighted by Gasteiger charge is -2.21. The molecule has 7 heteroatoms. The van der Waals surface area contributed by atoms with Gasteiger partial charge in [-0.15, -0.1) is 0 Å². The quantitative estimate of drug-likeness (QED) is 0.408. The van der Waals surface area contributed by atoms with Crippen LogP contribution in [0.25, 0.3) is 0 Å². The Balaban J connectivity index is 2.47. The number of nitrogens with one attached hydrogen (secondary N) is 3. The monoisotopic (exact) mass is 379 g/mol. The molecule has 152 valence electrons. The average molecular weight is 380 g/mol. The van der Waals surface area contributed by atoms with Crippen molar-refractivity contribution in [2.24, 2.45) is 4.99 Å². The molecule has 6 nitrogen and oxygen atoms in total. The van der Waals surface area contributed by atoms with Crippen LogP contribution >= 0.6 is 0 Å². The van der Waals surface area contributed by atoms with Crippen molar-refractivity contribution in [3.05, 3.63) is 30.1 Å². The van der Waals surface area contributed by atoms with Crippen molar-refractivity contribution in [1.82, 2.24) is 15.5 Å². The first-order valence-electron chi connectivity index (χ1n) is 9.81. The first-order valence-corrected chi connectivity index (χ1v) is 9.81. The Hall–Kier alpha value is -2.15. The summed E-state index contributed by atoms with van der Waals surface area (Å²) in [4.78, 5) is 18.8. The standard InChI is InChI=1S/C20H34FN5O/c1-5-22-20(24-16(4)10-9-13-26(6-2)7-3)23-15-19(27)25-18-12-8-11-17(21)14-18/h8,11-12,14,16H,5-7,9-10,13,15H2,1-4H3,(H,25,27)(H2,22,23,24). The van der Waals surface area contributed by atoms with Crippen molar-refractivity contribution in [3.8, 4) is 0 Å². The number of aliphatic imine (C=N–C) groups is 1. The minimum atomic E-state index is -0.384. The molecule has 1 rings (SSSR count). The van der Waals surface area contributed by atoms with Gasteiger partial charge in [0, 0.05) is 18.3 Å². The van der Waals surface area contributed by atoms with Gasteiger partial charge in [-0.2, -0.15) is 0 Å². The number of benzene rings is 1. The Morgan fingerprint density at radius 1 is 1.26 bits per heavy atom. The number of hydrogen-bond donors (Lipinski definition) is 3. The Bertz CT molecular complexity index is 589. The highest BCUT2D eigenvalue weighted by Gasteiger charge is 2.08. The van der Waals surface area contributed by atoms with Gasteiger partial charge < -0.3 is 20.9 Å². The fourth-order valence-corrected chi connectivity index (χ4v) is 2.70. The van der Waals surface area contributed by atoms with Crippen LogP contribution in [0.5, 0.6) is 0 Å². The molecule has 1 aromatic carbocycles. The molecular formula is C20H34FN5O. The number of rotatable bonds is 11. The van der Waals surface area contributed by atoms with Crippen LogP contribution in [0.4, 0.5) is 10.1 Å². The van der Waals surface area contributed by atoms with Crippen LogP contribution in [0.3, 0.4) is 0 Å². The second-order valence-corrected chi connectivity index (χ2v) is 6.47. The second-order valence-electron chi connectivity index (χ2n) is 6.47. The number of hydrogen-bond acceptors (Lipinski definition) is 3. The van der Waals surface area contributed by atoms with E-state index in [0.29, 0.717) is 18.2 Å². The lowest BCUT2D eigenvalue weighted by atomic mass is 10.2. The maximum Gasteiger partial charge on any atom is 0.246 e. The van der Waals surface area contributed by atoms with Gasteiger partial charge in [0.2, 0.25) is 5.91 Å². The molecule has 1 aromatic rings. The van der Waals surface area contributed by atoms with Gasteiger partial charge in [-0.05, 0) is 64.5 Å². The Morgan fingerprint density at radius 2 is 2.00 bits per heavy atom. The van der Waals surface area contributed by atoms with E-state index in [1.165, 1.54) is 12.1 Å². The summed E-state index contributed by atoms with van der Waals surface area (Å²) >= 11 is 0. The van der Waals surface area contributed by atoms with E-state index in [1.54, 1.807) is 12.1 Å². The largest absolute Gasteiger partial charge is 0.357 e. The molecule has 0 saturated carbocycles. The molecular weight excluding hydrogens is 345 g/mol. The number of anilines is 1. The summed E-state index contributed by atoms with van der Waals surface area (Å²) in [6.07, 6.45) is 2.13. The van der Waals surface area contributed by atoms with Crippen molar-refractivity contribution in [2.75, 3.05) is 38.0 Å². The fourth-order valence-electron chi connectivity index (χ4n) is 2.70. The Morgan fingerprint density at radius 3 is 2.63 bits per heavy atom. The normalized spacial score (nSPS) is 12.7. The maximum absolute atomic E-state index is 13.2. The molecule has 0 aliphatic heterocycles. The number of nitrogens with zero attached hydrogens (tertiary/aromatic N) is 2. The molecule has 0 bridgehead atoms. The van der Waals surface area contributed by atoms with Crippen LogP contribution in [0.15, 0.2) is 29.3 Å². The second kappa shape index (κ2) is 13.1. The van der Waals surface area contributed by atoms with Gasteiger partial charge in [-0.1, -0.05) is 19.9 Å².